The largest absolute Gasteiger partial charge is 0.481 e. The Morgan fingerprint density at radius 3 is 2.71 bits per heavy atom. The van der Waals surface area contributed by atoms with E-state index in [1.54, 1.807) is 0 Å². The number of rotatable bonds is 4. The molecule has 0 saturated heterocycles. The van der Waals surface area contributed by atoms with Gasteiger partial charge in [-0.1, -0.05) is 13.3 Å². The molecule has 78 valence electrons. The summed E-state index contributed by atoms with van der Waals surface area (Å²) in [6.07, 6.45) is 4.15. The predicted octanol–water partition coefficient (Wildman–Crippen LogP) is 2.43. The number of hydrogen-bond donors (Lipinski definition) is 1. The first-order chi connectivity index (χ1) is 6.69. The minimum atomic E-state index is -0.656. The van der Waals surface area contributed by atoms with Gasteiger partial charge < -0.3 is 5.11 Å². The molecule has 0 heterocycles. The zero-order chi connectivity index (χ0) is 10.6. The Labute approximate surface area is 84.7 Å². The quantitative estimate of drug-likeness (QED) is 0.749. The van der Waals surface area contributed by atoms with Crippen molar-refractivity contribution in [2.75, 3.05) is 0 Å². The zero-order valence-electron chi connectivity index (χ0n) is 8.57. The third kappa shape index (κ3) is 2.47. The van der Waals surface area contributed by atoms with Crippen LogP contribution in [0, 0.1) is 29.1 Å². The Balaban J connectivity index is 2.48. The van der Waals surface area contributed by atoms with Crippen molar-refractivity contribution in [2.45, 2.75) is 39.0 Å². The predicted molar refractivity (Wildman–Crippen MR) is 52.5 cm³/mol. The van der Waals surface area contributed by atoms with E-state index in [1.165, 1.54) is 0 Å². The molecular weight excluding hydrogens is 178 g/mol. The molecule has 0 radical (unpaired) electrons. The second-order valence-corrected chi connectivity index (χ2v) is 4.15. The van der Waals surface area contributed by atoms with Gasteiger partial charge in [0.2, 0.25) is 0 Å². The molecule has 0 aliphatic heterocycles. The van der Waals surface area contributed by atoms with Gasteiger partial charge in [0.15, 0.2) is 0 Å². The zero-order valence-corrected chi connectivity index (χ0v) is 8.57. The normalized spacial score (nSPS) is 31.3. The lowest BCUT2D eigenvalue weighted by atomic mass is 9.94. The van der Waals surface area contributed by atoms with E-state index in [4.69, 9.17) is 10.4 Å². The van der Waals surface area contributed by atoms with E-state index in [-0.39, 0.29) is 5.92 Å². The molecule has 1 N–H and O–H groups in total. The third-order valence-corrected chi connectivity index (χ3v) is 3.30. The van der Waals surface area contributed by atoms with Crippen LogP contribution in [0.5, 0.6) is 0 Å². The number of carboxylic acid groups (broad SMARTS) is 1. The van der Waals surface area contributed by atoms with E-state index in [0.717, 1.165) is 25.7 Å². The van der Waals surface area contributed by atoms with Gasteiger partial charge in [0, 0.05) is 6.42 Å². The summed E-state index contributed by atoms with van der Waals surface area (Å²) >= 11 is 0. The number of aliphatic carboxylic acids is 1. The highest BCUT2D eigenvalue weighted by Crippen LogP contribution is 2.40. The van der Waals surface area contributed by atoms with Gasteiger partial charge in [-0.3, -0.25) is 4.79 Å². The van der Waals surface area contributed by atoms with Crippen molar-refractivity contribution < 1.29 is 9.90 Å². The number of hydrogen-bond acceptors (Lipinski definition) is 2. The maximum atomic E-state index is 10.9. The van der Waals surface area contributed by atoms with Crippen LogP contribution in [0.25, 0.3) is 0 Å². The van der Waals surface area contributed by atoms with Gasteiger partial charge in [-0.25, -0.2) is 0 Å². The Kier molecular flexibility index (Phi) is 3.94. The highest BCUT2D eigenvalue weighted by Gasteiger charge is 2.37. The Bertz CT molecular complexity index is 244. The summed E-state index contributed by atoms with van der Waals surface area (Å²) in [6, 6.07) is 2.12. The van der Waals surface area contributed by atoms with Crippen LogP contribution < -0.4 is 0 Å². The van der Waals surface area contributed by atoms with Crippen LogP contribution in [0.2, 0.25) is 0 Å². The molecule has 1 fully saturated rings. The monoisotopic (exact) mass is 195 g/mol. The van der Waals surface area contributed by atoms with Crippen molar-refractivity contribution in [1.29, 1.82) is 5.26 Å². The van der Waals surface area contributed by atoms with E-state index in [1.807, 2.05) is 6.92 Å². The number of nitrogens with zero attached hydrogens (tertiary/aromatic N) is 1. The molecule has 1 rings (SSSR count). The van der Waals surface area contributed by atoms with E-state index >= 15 is 0 Å². The van der Waals surface area contributed by atoms with E-state index in [9.17, 15) is 4.79 Å². The molecule has 0 amide bonds. The lowest BCUT2D eigenvalue weighted by molar-refractivity contribution is -0.143. The lowest BCUT2D eigenvalue weighted by Gasteiger charge is -2.11. The minimum Gasteiger partial charge on any atom is -0.481 e. The van der Waals surface area contributed by atoms with Crippen LogP contribution >= 0.6 is 0 Å². The van der Waals surface area contributed by atoms with Crippen molar-refractivity contribution >= 4 is 5.97 Å². The molecule has 0 aromatic rings. The highest BCUT2D eigenvalue weighted by atomic mass is 16.4. The average molecular weight is 195 g/mol. The fraction of sp³-hybridized carbons (Fsp3) is 0.818. The van der Waals surface area contributed by atoms with E-state index < -0.39 is 5.97 Å². The smallest absolute Gasteiger partial charge is 0.306 e. The first-order valence-corrected chi connectivity index (χ1v) is 5.28. The molecule has 1 aliphatic rings. The van der Waals surface area contributed by atoms with Crippen molar-refractivity contribution in [3.63, 3.8) is 0 Å². The van der Waals surface area contributed by atoms with E-state index in [0.29, 0.717) is 18.3 Å². The van der Waals surface area contributed by atoms with Crippen LogP contribution in [-0.2, 0) is 4.79 Å². The second-order valence-electron chi connectivity index (χ2n) is 4.15. The molecule has 0 unspecified atom stereocenters. The average Bonchev–Trinajstić information content (AvgIpc) is 2.57. The number of carbonyl (C=O) groups is 1. The molecule has 14 heavy (non-hydrogen) atoms. The lowest BCUT2D eigenvalue weighted by Crippen LogP contribution is -2.17. The van der Waals surface area contributed by atoms with Crippen molar-refractivity contribution in [1.82, 2.24) is 0 Å². The fourth-order valence-corrected chi connectivity index (χ4v) is 2.50. The molecule has 0 aromatic heterocycles. The van der Waals surface area contributed by atoms with Crippen molar-refractivity contribution in [2.24, 2.45) is 17.8 Å². The fourth-order valence-electron chi connectivity index (χ4n) is 2.50. The van der Waals surface area contributed by atoms with Gasteiger partial charge in [0.05, 0.1) is 12.0 Å². The molecule has 1 aliphatic carbocycles. The maximum Gasteiger partial charge on any atom is 0.306 e. The highest BCUT2D eigenvalue weighted by molar-refractivity contribution is 5.70. The maximum absolute atomic E-state index is 10.9. The molecule has 0 bridgehead atoms. The van der Waals surface area contributed by atoms with Crippen LogP contribution in [0.4, 0.5) is 0 Å². The molecule has 0 aromatic carbocycles. The summed E-state index contributed by atoms with van der Waals surface area (Å²) in [5.74, 6) is -0.0307. The first kappa shape index (κ1) is 11.0. The van der Waals surface area contributed by atoms with Gasteiger partial charge in [-0.05, 0) is 31.1 Å². The molecule has 3 nitrogen and oxygen atoms in total. The first-order valence-electron chi connectivity index (χ1n) is 5.28. The second kappa shape index (κ2) is 4.99. The SMILES string of the molecule is CC[C@@H]1C[C@@H](CCC#N)C[C@@H]1C(=O)O. The topological polar surface area (TPSA) is 61.1 Å². The van der Waals surface area contributed by atoms with Gasteiger partial charge in [-0.15, -0.1) is 0 Å². The molecule has 0 spiro atoms. The molecule has 3 heteroatoms. The van der Waals surface area contributed by atoms with Crippen molar-refractivity contribution in [3.05, 3.63) is 0 Å². The molecule has 3 atom stereocenters. The minimum absolute atomic E-state index is 0.163. The van der Waals surface area contributed by atoms with Crippen LogP contribution in [-0.4, -0.2) is 11.1 Å². The summed E-state index contributed by atoms with van der Waals surface area (Å²) in [7, 11) is 0. The molecular formula is C11H17NO2. The molecule has 1 saturated carbocycles. The number of carboxylic acids is 1. The summed E-state index contributed by atoms with van der Waals surface area (Å²) in [5, 5.41) is 17.5. The third-order valence-electron chi connectivity index (χ3n) is 3.30. The van der Waals surface area contributed by atoms with Crippen molar-refractivity contribution in [3.8, 4) is 6.07 Å². The van der Waals surface area contributed by atoms with Crippen LogP contribution in [0.15, 0.2) is 0 Å². The van der Waals surface area contributed by atoms with Gasteiger partial charge >= 0.3 is 5.97 Å². The summed E-state index contributed by atoms with van der Waals surface area (Å²) in [6.45, 7) is 2.05. The number of nitriles is 1. The van der Waals surface area contributed by atoms with Gasteiger partial charge in [-0.2, -0.15) is 5.26 Å². The Morgan fingerprint density at radius 1 is 1.57 bits per heavy atom. The van der Waals surface area contributed by atoms with Gasteiger partial charge in [0.25, 0.3) is 0 Å². The Morgan fingerprint density at radius 2 is 2.29 bits per heavy atom. The van der Waals surface area contributed by atoms with Gasteiger partial charge in [0.1, 0.15) is 0 Å². The van der Waals surface area contributed by atoms with Crippen LogP contribution in [0.1, 0.15) is 39.0 Å². The Hall–Kier alpha value is -1.04. The van der Waals surface area contributed by atoms with E-state index in [2.05, 4.69) is 6.07 Å². The van der Waals surface area contributed by atoms with Crippen LogP contribution in [0.3, 0.4) is 0 Å². The summed E-state index contributed by atoms with van der Waals surface area (Å²) in [4.78, 5) is 10.9. The summed E-state index contributed by atoms with van der Waals surface area (Å²) in [5.41, 5.74) is 0. The summed E-state index contributed by atoms with van der Waals surface area (Å²) < 4.78 is 0. The standard InChI is InChI=1S/C11H17NO2/c1-2-9-6-8(4-3-5-12)7-10(9)11(13)14/h8-10H,2-4,6-7H2,1H3,(H,13,14)/t8-,9-,10+/m1/s1.